The summed E-state index contributed by atoms with van der Waals surface area (Å²) >= 11 is 0. The molecule has 0 saturated heterocycles. The number of halogens is 2. The highest BCUT2D eigenvalue weighted by Gasteiger charge is 2.13. The van der Waals surface area contributed by atoms with Crippen LogP contribution in [0, 0.1) is 11.6 Å². The maximum Gasteiger partial charge on any atom is 0.339 e. The number of carboxylic acids is 1. The molecule has 0 heterocycles. The topological polar surface area (TPSA) is 72.5 Å². The van der Waals surface area contributed by atoms with Crippen molar-refractivity contribution in [1.82, 2.24) is 0 Å². The van der Waals surface area contributed by atoms with Gasteiger partial charge in [0.1, 0.15) is 17.9 Å². The molecule has 0 aliphatic rings. The summed E-state index contributed by atoms with van der Waals surface area (Å²) in [7, 11) is 0. The molecule has 0 aliphatic carbocycles. The van der Waals surface area contributed by atoms with Gasteiger partial charge in [-0.15, -0.1) is 0 Å². The maximum atomic E-state index is 13.4. The first kappa shape index (κ1) is 13.8. The molecule has 104 valence electrons. The standard InChI is InChI=1S/C14H11F2NO3/c15-11-3-1-2-8(13(11)16)7-20-12-5-4-9(17)6-10(12)14(18)19/h1-6H,7,17H2,(H,18,19). The molecule has 0 atom stereocenters. The third-order valence-electron chi connectivity index (χ3n) is 2.65. The van der Waals surface area contributed by atoms with Crippen molar-refractivity contribution < 1.29 is 23.4 Å². The van der Waals surface area contributed by atoms with Crippen LogP contribution < -0.4 is 10.5 Å². The van der Waals surface area contributed by atoms with Gasteiger partial charge in [-0.2, -0.15) is 0 Å². The minimum absolute atomic E-state index is 0.00170. The van der Waals surface area contributed by atoms with Crippen molar-refractivity contribution in [1.29, 1.82) is 0 Å². The minimum Gasteiger partial charge on any atom is -0.488 e. The van der Waals surface area contributed by atoms with Crippen molar-refractivity contribution in [3.8, 4) is 5.75 Å². The van der Waals surface area contributed by atoms with Crippen LogP contribution in [0.2, 0.25) is 0 Å². The third kappa shape index (κ3) is 2.85. The number of benzene rings is 2. The van der Waals surface area contributed by atoms with Crippen molar-refractivity contribution in [2.75, 3.05) is 5.73 Å². The van der Waals surface area contributed by atoms with E-state index in [0.717, 1.165) is 6.07 Å². The van der Waals surface area contributed by atoms with Crippen molar-refractivity contribution in [2.24, 2.45) is 0 Å². The predicted octanol–water partition coefficient (Wildman–Crippen LogP) is 2.82. The van der Waals surface area contributed by atoms with Crippen molar-refractivity contribution in [2.45, 2.75) is 6.61 Å². The monoisotopic (exact) mass is 279 g/mol. The van der Waals surface area contributed by atoms with E-state index in [2.05, 4.69) is 0 Å². The summed E-state index contributed by atoms with van der Waals surface area (Å²) in [5.74, 6) is -3.18. The molecule has 2 aromatic rings. The smallest absolute Gasteiger partial charge is 0.339 e. The lowest BCUT2D eigenvalue weighted by molar-refractivity contribution is 0.0691. The number of aromatic carboxylic acids is 1. The van der Waals surface area contributed by atoms with Gasteiger partial charge in [-0.05, 0) is 24.3 Å². The Balaban J connectivity index is 2.23. The average Bonchev–Trinajstić information content (AvgIpc) is 2.41. The third-order valence-corrected chi connectivity index (χ3v) is 2.65. The van der Waals surface area contributed by atoms with Crippen LogP contribution in [0.5, 0.6) is 5.75 Å². The van der Waals surface area contributed by atoms with E-state index in [1.807, 2.05) is 0 Å². The fourth-order valence-electron chi connectivity index (χ4n) is 1.66. The molecule has 2 aromatic carbocycles. The number of rotatable bonds is 4. The quantitative estimate of drug-likeness (QED) is 0.844. The zero-order chi connectivity index (χ0) is 14.7. The van der Waals surface area contributed by atoms with Crippen LogP contribution in [0.15, 0.2) is 36.4 Å². The van der Waals surface area contributed by atoms with E-state index in [9.17, 15) is 13.6 Å². The van der Waals surface area contributed by atoms with Gasteiger partial charge in [0, 0.05) is 11.3 Å². The van der Waals surface area contributed by atoms with Crippen LogP contribution in [0.4, 0.5) is 14.5 Å². The minimum atomic E-state index is -1.22. The molecule has 0 amide bonds. The molecule has 6 heteroatoms. The Hall–Kier alpha value is -2.63. The summed E-state index contributed by atoms with van der Waals surface area (Å²) in [6, 6.07) is 7.76. The van der Waals surface area contributed by atoms with Crippen LogP contribution >= 0.6 is 0 Å². The molecular weight excluding hydrogens is 268 g/mol. The lowest BCUT2D eigenvalue weighted by Crippen LogP contribution is -2.06. The molecule has 4 nitrogen and oxygen atoms in total. The van der Waals surface area contributed by atoms with Crippen LogP contribution in [0.3, 0.4) is 0 Å². The van der Waals surface area contributed by atoms with Crippen molar-refractivity contribution in [3.05, 3.63) is 59.2 Å². The largest absolute Gasteiger partial charge is 0.488 e. The van der Waals surface area contributed by atoms with Gasteiger partial charge in [-0.3, -0.25) is 0 Å². The summed E-state index contributed by atoms with van der Waals surface area (Å²) < 4.78 is 31.7. The maximum absolute atomic E-state index is 13.4. The SMILES string of the molecule is Nc1ccc(OCc2cccc(F)c2F)c(C(=O)O)c1. The second-order valence-corrected chi connectivity index (χ2v) is 4.06. The molecule has 0 aromatic heterocycles. The Morgan fingerprint density at radius 1 is 1.25 bits per heavy atom. The fraction of sp³-hybridized carbons (Fsp3) is 0.0714. The molecule has 20 heavy (non-hydrogen) atoms. The first-order valence-electron chi connectivity index (χ1n) is 5.67. The number of hydrogen-bond acceptors (Lipinski definition) is 3. The molecule has 0 unspecified atom stereocenters. The van der Waals surface area contributed by atoms with E-state index in [1.54, 1.807) is 0 Å². The highest BCUT2D eigenvalue weighted by Crippen LogP contribution is 2.23. The van der Waals surface area contributed by atoms with Gasteiger partial charge in [-0.25, -0.2) is 13.6 Å². The first-order chi connectivity index (χ1) is 9.49. The average molecular weight is 279 g/mol. The van der Waals surface area contributed by atoms with Crippen molar-refractivity contribution in [3.63, 3.8) is 0 Å². The van der Waals surface area contributed by atoms with E-state index >= 15 is 0 Å². The Morgan fingerprint density at radius 2 is 2.00 bits per heavy atom. The number of anilines is 1. The van der Waals surface area contributed by atoms with Gasteiger partial charge in [0.15, 0.2) is 11.6 Å². The molecular formula is C14H11F2NO3. The van der Waals surface area contributed by atoms with E-state index < -0.39 is 17.6 Å². The summed E-state index contributed by atoms with van der Waals surface area (Å²) in [5.41, 5.74) is 5.62. The molecule has 0 fully saturated rings. The van der Waals surface area contributed by atoms with Gasteiger partial charge in [0.2, 0.25) is 0 Å². The number of hydrogen-bond donors (Lipinski definition) is 2. The van der Waals surface area contributed by atoms with Gasteiger partial charge in [0.05, 0.1) is 0 Å². The van der Waals surface area contributed by atoms with Crippen LogP contribution in [0.25, 0.3) is 0 Å². The summed E-state index contributed by atoms with van der Waals surface area (Å²) in [6.45, 7) is -0.284. The molecule has 0 bridgehead atoms. The number of carboxylic acid groups (broad SMARTS) is 1. The second-order valence-electron chi connectivity index (χ2n) is 4.06. The lowest BCUT2D eigenvalue weighted by atomic mass is 10.1. The molecule has 0 radical (unpaired) electrons. The zero-order valence-corrected chi connectivity index (χ0v) is 10.3. The van der Waals surface area contributed by atoms with Gasteiger partial charge in [-0.1, -0.05) is 12.1 Å². The Bertz CT molecular complexity index is 659. The normalized spacial score (nSPS) is 10.3. The second kappa shape index (κ2) is 5.56. The first-order valence-corrected chi connectivity index (χ1v) is 5.67. The summed E-state index contributed by atoms with van der Waals surface area (Å²) in [4.78, 5) is 11.0. The summed E-state index contributed by atoms with van der Waals surface area (Å²) in [6.07, 6.45) is 0. The number of nitrogen functional groups attached to an aromatic ring is 1. The highest BCUT2D eigenvalue weighted by atomic mass is 19.2. The van der Waals surface area contributed by atoms with E-state index in [0.29, 0.717) is 0 Å². The van der Waals surface area contributed by atoms with E-state index in [-0.39, 0.29) is 29.2 Å². The number of ether oxygens (including phenoxy) is 1. The Labute approximate surface area is 113 Å². The number of carbonyl (C=O) groups is 1. The lowest BCUT2D eigenvalue weighted by Gasteiger charge is -2.10. The molecule has 3 N–H and O–H groups in total. The van der Waals surface area contributed by atoms with Gasteiger partial charge >= 0.3 is 5.97 Å². The summed E-state index contributed by atoms with van der Waals surface area (Å²) in [5, 5.41) is 9.02. The number of nitrogens with two attached hydrogens (primary N) is 1. The van der Waals surface area contributed by atoms with Crippen LogP contribution in [0.1, 0.15) is 15.9 Å². The van der Waals surface area contributed by atoms with Gasteiger partial charge in [0.25, 0.3) is 0 Å². The van der Waals surface area contributed by atoms with E-state index in [1.165, 1.54) is 30.3 Å². The van der Waals surface area contributed by atoms with Crippen LogP contribution in [-0.4, -0.2) is 11.1 Å². The van der Waals surface area contributed by atoms with Crippen molar-refractivity contribution >= 4 is 11.7 Å². The fourth-order valence-corrected chi connectivity index (χ4v) is 1.66. The van der Waals surface area contributed by atoms with Crippen LogP contribution in [-0.2, 0) is 6.61 Å². The Kier molecular flexibility index (Phi) is 3.84. The van der Waals surface area contributed by atoms with Gasteiger partial charge < -0.3 is 15.6 Å². The highest BCUT2D eigenvalue weighted by molar-refractivity contribution is 5.92. The molecule has 2 rings (SSSR count). The molecule has 0 aliphatic heterocycles. The molecule has 0 saturated carbocycles. The zero-order valence-electron chi connectivity index (χ0n) is 10.3. The Morgan fingerprint density at radius 3 is 2.70 bits per heavy atom. The molecule has 0 spiro atoms. The van der Waals surface area contributed by atoms with E-state index in [4.69, 9.17) is 15.6 Å². The predicted molar refractivity (Wildman–Crippen MR) is 68.5 cm³/mol.